The Kier molecular flexibility index (Phi) is 6.32. The number of hydrogen-bond acceptors (Lipinski definition) is 4. The fourth-order valence-corrected chi connectivity index (χ4v) is 2.18. The first kappa shape index (κ1) is 16.7. The number of amides is 1. The molecule has 1 amide bonds. The second-order valence-electron chi connectivity index (χ2n) is 4.98. The lowest BCUT2D eigenvalue weighted by Crippen LogP contribution is -2.33. The van der Waals surface area contributed by atoms with Gasteiger partial charge in [-0.1, -0.05) is 47.6 Å². The molecule has 1 N–H and O–H groups in total. The smallest absolute Gasteiger partial charge is 0.254 e. The Hall–Kier alpha value is -2.66. The minimum Gasteiger partial charge on any atom is -0.399 e. The summed E-state index contributed by atoms with van der Waals surface area (Å²) in [5.41, 5.74) is 2.45. The lowest BCUT2D eigenvalue weighted by atomic mass is 10.1. The van der Waals surface area contributed by atoms with Crippen LogP contribution in [0.15, 0.2) is 59.8 Å². The second kappa shape index (κ2) is 8.70. The molecule has 0 aliphatic carbocycles. The second-order valence-corrected chi connectivity index (χ2v) is 4.98. The van der Waals surface area contributed by atoms with Crippen LogP contribution in [0.5, 0.6) is 0 Å². The molecular weight excluding hydrogens is 292 g/mol. The van der Waals surface area contributed by atoms with Crippen LogP contribution in [0.4, 0.5) is 0 Å². The van der Waals surface area contributed by atoms with Crippen LogP contribution in [0.25, 0.3) is 0 Å². The molecule has 5 nitrogen and oxygen atoms in total. The summed E-state index contributed by atoms with van der Waals surface area (Å²) < 4.78 is 0. The van der Waals surface area contributed by atoms with Gasteiger partial charge in [0.2, 0.25) is 0 Å². The van der Waals surface area contributed by atoms with E-state index < -0.39 is 0 Å². The summed E-state index contributed by atoms with van der Waals surface area (Å²) in [4.78, 5) is 18.9. The highest BCUT2D eigenvalue weighted by Crippen LogP contribution is 2.11. The largest absolute Gasteiger partial charge is 0.399 e. The zero-order valence-electron chi connectivity index (χ0n) is 13.1. The number of aliphatic hydroxyl groups excluding tert-OH is 1. The first-order valence-electron chi connectivity index (χ1n) is 7.35. The van der Waals surface area contributed by atoms with Crippen molar-refractivity contribution in [3.05, 3.63) is 71.3 Å². The van der Waals surface area contributed by atoms with Crippen LogP contribution in [0, 0.1) is 0 Å². The van der Waals surface area contributed by atoms with Crippen LogP contribution in [0.3, 0.4) is 0 Å². The van der Waals surface area contributed by atoms with E-state index in [1.165, 1.54) is 7.11 Å². The molecule has 0 heterocycles. The Morgan fingerprint density at radius 2 is 1.87 bits per heavy atom. The van der Waals surface area contributed by atoms with Gasteiger partial charge in [-0.3, -0.25) is 4.79 Å². The van der Waals surface area contributed by atoms with E-state index in [2.05, 4.69) is 9.99 Å². The predicted molar refractivity (Wildman–Crippen MR) is 89.3 cm³/mol. The molecule has 0 bridgehead atoms. The van der Waals surface area contributed by atoms with Crippen LogP contribution in [-0.4, -0.2) is 42.4 Å². The summed E-state index contributed by atoms with van der Waals surface area (Å²) in [5.74, 6) is -0.113. The van der Waals surface area contributed by atoms with Crippen LogP contribution in [0.2, 0.25) is 0 Å². The van der Waals surface area contributed by atoms with Crippen molar-refractivity contribution in [2.75, 3.05) is 20.3 Å². The molecule has 0 radical (unpaired) electrons. The first-order chi connectivity index (χ1) is 11.2. The maximum Gasteiger partial charge on any atom is 0.254 e. The van der Waals surface area contributed by atoms with Gasteiger partial charge in [0.1, 0.15) is 7.11 Å². The van der Waals surface area contributed by atoms with Crippen molar-refractivity contribution in [2.24, 2.45) is 5.16 Å². The minimum absolute atomic E-state index is 0.0723. The van der Waals surface area contributed by atoms with E-state index in [1.807, 2.05) is 30.3 Å². The van der Waals surface area contributed by atoms with Crippen molar-refractivity contribution in [3.63, 3.8) is 0 Å². The van der Waals surface area contributed by atoms with Gasteiger partial charge in [0.05, 0.1) is 12.8 Å². The molecule has 0 saturated heterocycles. The number of carbonyl (C=O) groups excluding carboxylic acids is 1. The number of benzene rings is 2. The molecule has 2 aromatic carbocycles. The highest BCUT2D eigenvalue weighted by Gasteiger charge is 2.15. The minimum atomic E-state index is -0.113. The van der Waals surface area contributed by atoms with Gasteiger partial charge in [0.15, 0.2) is 0 Å². The molecule has 0 fully saturated rings. The third kappa shape index (κ3) is 4.93. The Balaban J connectivity index is 2.12. The van der Waals surface area contributed by atoms with Gasteiger partial charge in [-0.05, 0) is 23.3 Å². The molecule has 120 valence electrons. The molecule has 2 aromatic rings. The summed E-state index contributed by atoms with van der Waals surface area (Å²) in [7, 11) is 1.48. The highest BCUT2D eigenvalue weighted by atomic mass is 16.6. The molecule has 0 atom stereocenters. The molecule has 2 rings (SSSR count). The van der Waals surface area contributed by atoms with Gasteiger partial charge in [-0.15, -0.1) is 0 Å². The highest BCUT2D eigenvalue weighted by molar-refractivity contribution is 5.95. The Morgan fingerprint density at radius 1 is 1.17 bits per heavy atom. The first-order valence-corrected chi connectivity index (χ1v) is 7.35. The molecule has 5 heteroatoms. The van der Waals surface area contributed by atoms with Crippen LogP contribution >= 0.6 is 0 Å². The standard InChI is InChI=1S/C18H20N2O3/c1-23-19-13-15-7-9-17(10-8-15)18(22)20(11-12-21)14-16-5-3-2-4-6-16/h2-10,13,21H,11-12,14H2,1H3/b19-13+. The Morgan fingerprint density at radius 3 is 2.48 bits per heavy atom. The van der Waals surface area contributed by atoms with Crippen LogP contribution < -0.4 is 0 Å². The quantitative estimate of drug-likeness (QED) is 0.630. The lowest BCUT2D eigenvalue weighted by molar-refractivity contribution is 0.0708. The zero-order chi connectivity index (χ0) is 16.5. The fraction of sp³-hybridized carbons (Fsp3) is 0.222. The average molecular weight is 312 g/mol. The van der Waals surface area contributed by atoms with E-state index in [9.17, 15) is 9.90 Å². The number of aliphatic hydroxyl groups is 1. The summed E-state index contributed by atoms with van der Waals surface area (Å²) in [6, 6.07) is 16.8. The molecule has 23 heavy (non-hydrogen) atoms. The molecular formula is C18H20N2O3. The maximum absolute atomic E-state index is 12.6. The lowest BCUT2D eigenvalue weighted by Gasteiger charge is -2.22. The fourth-order valence-electron chi connectivity index (χ4n) is 2.18. The van der Waals surface area contributed by atoms with Gasteiger partial charge >= 0.3 is 0 Å². The predicted octanol–water partition coefficient (Wildman–Crippen LogP) is 2.30. The third-order valence-corrected chi connectivity index (χ3v) is 3.34. The monoisotopic (exact) mass is 312 g/mol. The van der Waals surface area contributed by atoms with E-state index in [0.717, 1.165) is 11.1 Å². The average Bonchev–Trinajstić information content (AvgIpc) is 2.60. The summed E-state index contributed by atoms with van der Waals surface area (Å²) >= 11 is 0. The van der Waals surface area contributed by atoms with Gasteiger partial charge in [0, 0.05) is 18.7 Å². The SMILES string of the molecule is CO/N=C/c1ccc(C(=O)N(CCO)Cc2ccccc2)cc1. The van der Waals surface area contributed by atoms with Gasteiger partial charge in [-0.25, -0.2) is 0 Å². The maximum atomic E-state index is 12.6. The number of carbonyl (C=O) groups is 1. The number of rotatable bonds is 7. The summed E-state index contributed by atoms with van der Waals surface area (Å²) in [6.07, 6.45) is 1.57. The Bertz CT molecular complexity index is 639. The van der Waals surface area contributed by atoms with Crippen molar-refractivity contribution in [3.8, 4) is 0 Å². The van der Waals surface area contributed by atoms with E-state index in [0.29, 0.717) is 18.7 Å². The molecule has 0 spiro atoms. The molecule has 0 aliphatic rings. The summed E-state index contributed by atoms with van der Waals surface area (Å²) in [6.45, 7) is 0.685. The topological polar surface area (TPSA) is 62.1 Å². The molecule has 0 saturated carbocycles. The number of nitrogens with zero attached hydrogens (tertiary/aromatic N) is 2. The van der Waals surface area contributed by atoms with Crippen molar-refractivity contribution < 1.29 is 14.7 Å². The number of hydrogen-bond donors (Lipinski definition) is 1. The van der Waals surface area contributed by atoms with Gasteiger partial charge < -0.3 is 14.8 Å². The van der Waals surface area contributed by atoms with E-state index in [1.54, 1.807) is 35.4 Å². The third-order valence-electron chi connectivity index (χ3n) is 3.34. The Labute approximate surface area is 135 Å². The molecule has 0 aliphatic heterocycles. The van der Waals surface area contributed by atoms with Crippen molar-refractivity contribution in [1.82, 2.24) is 4.90 Å². The van der Waals surface area contributed by atoms with E-state index in [4.69, 9.17) is 0 Å². The van der Waals surface area contributed by atoms with Crippen molar-refractivity contribution in [2.45, 2.75) is 6.54 Å². The van der Waals surface area contributed by atoms with Crippen LogP contribution in [-0.2, 0) is 11.4 Å². The van der Waals surface area contributed by atoms with E-state index in [-0.39, 0.29) is 12.5 Å². The van der Waals surface area contributed by atoms with Gasteiger partial charge in [0.25, 0.3) is 5.91 Å². The molecule has 0 unspecified atom stereocenters. The van der Waals surface area contributed by atoms with E-state index >= 15 is 0 Å². The van der Waals surface area contributed by atoms with Gasteiger partial charge in [-0.2, -0.15) is 0 Å². The van der Waals surface area contributed by atoms with Crippen LogP contribution in [0.1, 0.15) is 21.5 Å². The normalized spacial score (nSPS) is 10.7. The summed E-state index contributed by atoms with van der Waals surface area (Å²) in [5, 5.41) is 12.9. The molecule has 0 aromatic heterocycles. The van der Waals surface area contributed by atoms with Crippen molar-refractivity contribution >= 4 is 12.1 Å². The number of oxime groups is 1. The zero-order valence-corrected chi connectivity index (χ0v) is 13.1. The van der Waals surface area contributed by atoms with Crippen molar-refractivity contribution in [1.29, 1.82) is 0 Å².